The van der Waals surface area contributed by atoms with Crippen molar-refractivity contribution in [2.45, 2.75) is 219 Å². The molecule has 0 aliphatic heterocycles. The molecule has 0 heterocycles. The van der Waals surface area contributed by atoms with Gasteiger partial charge >= 0.3 is 17.9 Å². The van der Waals surface area contributed by atoms with Crippen LogP contribution >= 0.6 is 0 Å². The molecule has 0 aliphatic carbocycles. The molecule has 0 N–H and O–H groups in total. The van der Waals surface area contributed by atoms with E-state index < -0.39 is 6.10 Å². The quantitative estimate of drug-likeness (QED) is 0.0199. The van der Waals surface area contributed by atoms with Gasteiger partial charge in [0.15, 0.2) is 6.10 Å². The Balaban J connectivity index is 4.50. The fraction of sp³-hybridized carbons (Fsp3) is 0.610. The molecule has 0 spiro atoms. The molecule has 366 valence electrons. The van der Waals surface area contributed by atoms with Gasteiger partial charge in [-0.05, 0) is 77.0 Å². The third kappa shape index (κ3) is 50.7. The minimum atomic E-state index is -0.824. The third-order valence-electron chi connectivity index (χ3n) is 10.7. The molecule has 0 amide bonds. The van der Waals surface area contributed by atoms with E-state index in [1.165, 1.54) is 89.9 Å². The average molecular weight is 899 g/mol. The maximum Gasteiger partial charge on any atom is 0.306 e. The number of esters is 3. The van der Waals surface area contributed by atoms with Gasteiger partial charge in [-0.25, -0.2) is 0 Å². The van der Waals surface area contributed by atoms with Crippen LogP contribution in [-0.2, 0) is 28.6 Å². The summed E-state index contributed by atoms with van der Waals surface area (Å²) in [6.45, 7) is 6.25. The van der Waals surface area contributed by atoms with E-state index in [0.29, 0.717) is 12.8 Å². The molecule has 0 rings (SSSR count). The Kier molecular flexibility index (Phi) is 49.1. The Morgan fingerprint density at radius 1 is 0.323 bits per heavy atom. The molecule has 6 nitrogen and oxygen atoms in total. The summed E-state index contributed by atoms with van der Waals surface area (Å²) >= 11 is 0. The number of carbonyl (C=O) groups excluding carboxylic acids is 3. The highest BCUT2D eigenvalue weighted by atomic mass is 16.6. The number of hydrogen-bond acceptors (Lipinski definition) is 6. The van der Waals surface area contributed by atoms with Crippen molar-refractivity contribution in [3.05, 3.63) is 122 Å². The van der Waals surface area contributed by atoms with Crippen LogP contribution in [-0.4, -0.2) is 37.2 Å². The maximum atomic E-state index is 12.8. The van der Waals surface area contributed by atoms with Crippen molar-refractivity contribution in [1.82, 2.24) is 0 Å². The van der Waals surface area contributed by atoms with Gasteiger partial charge in [0.2, 0.25) is 0 Å². The Hall–Kier alpha value is -4.19. The molecule has 0 saturated heterocycles. The highest BCUT2D eigenvalue weighted by molar-refractivity contribution is 5.71. The molecular formula is C59H94O6. The van der Waals surface area contributed by atoms with Crippen molar-refractivity contribution in [2.24, 2.45) is 0 Å². The van der Waals surface area contributed by atoms with Crippen molar-refractivity contribution < 1.29 is 28.6 Å². The van der Waals surface area contributed by atoms with E-state index in [0.717, 1.165) is 77.0 Å². The van der Waals surface area contributed by atoms with Crippen molar-refractivity contribution in [1.29, 1.82) is 0 Å². The third-order valence-corrected chi connectivity index (χ3v) is 10.7. The zero-order valence-corrected chi connectivity index (χ0v) is 41.7. The van der Waals surface area contributed by atoms with Gasteiger partial charge in [0.05, 0.1) is 0 Å². The first-order valence-electron chi connectivity index (χ1n) is 26.2. The summed E-state index contributed by atoms with van der Waals surface area (Å²) in [5.74, 6) is -1.03. The Morgan fingerprint density at radius 2 is 0.631 bits per heavy atom. The van der Waals surface area contributed by atoms with Crippen LogP contribution in [0.15, 0.2) is 122 Å². The lowest BCUT2D eigenvalue weighted by Crippen LogP contribution is -2.30. The fourth-order valence-electron chi connectivity index (χ4n) is 6.77. The van der Waals surface area contributed by atoms with Crippen molar-refractivity contribution in [2.75, 3.05) is 13.2 Å². The van der Waals surface area contributed by atoms with Gasteiger partial charge in [0.25, 0.3) is 0 Å². The predicted molar refractivity (Wildman–Crippen MR) is 279 cm³/mol. The van der Waals surface area contributed by atoms with Crippen LogP contribution < -0.4 is 0 Å². The number of rotatable bonds is 45. The first-order chi connectivity index (χ1) is 32.0. The van der Waals surface area contributed by atoms with Crippen molar-refractivity contribution in [3.63, 3.8) is 0 Å². The van der Waals surface area contributed by atoms with E-state index in [2.05, 4.69) is 63.3 Å². The number of ether oxygens (including phenoxy) is 3. The normalized spacial score (nSPS) is 13.1. The minimum absolute atomic E-state index is 0.116. The van der Waals surface area contributed by atoms with Crippen molar-refractivity contribution >= 4 is 17.9 Å². The number of unbranched alkanes of at least 4 members (excludes halogenated alkanes) is 21. The molecule has 0 saturated carbocycles. The minimum Gasteiger partial charge on any atom is -0.462 e. The lowest BCUT2D eigenvalue weighted by Gasteiger charge is -2.18. The van der Waals surface area contributed by atoms with E-state index >= 15 is 0 Å². The van der Waals surface area contributed by atoms with Crippen LogP contribution in [0, 0.1) is 0 Å². The Labute approximate surface area is 399 Å². The maximum absolute atomic E-state index is 12.8. The zero-order chi connectivity index (χ0) is 47.2. The monoisotopic (exact) mass is 899 g/mol. The SMILES string of the molecule is CC\C=C/C=C\C=C/C=C\C=C/CCCC(=O)OCC(COC(=O)CCCCCCCCC/C=C\CCCCCCCCCC)OC(=O)CCCCCCC\C=C/C=C\C=C/C=C\CC. The smallest absolute Gasteiger partial charge is 0.306 e. The Morgan fingerprint density at radius 3 is 1.05 bits per heavy atom. The number of hydrogen-bond donors (Lipinski definition) is 0. The molecule has 0 aliphatic rings. The first kappa shape index (κ1) is 60.8. The van der Waals surface area contributed by atoms with Crippen LogP contribution in [0.2, 0.25) is 0 Å². The highest BCUT2D eigenvalue weighted by Crippen LogP contribution is 2.14. The molecule has 1 unspecified atom stereocenters. The lowest BCUT2D eigenvalue weighted by atomic mass is 10.1. The van der Waals surface area contributed by atoms with Crippen LogP contribution in [0.25, 0.3) is 0 Å². The summed E-state index contributed by atoms with van der Waals surface area (Å²) in [7, 11) is 0. The fourth-order valence-corrected chi connectivity index (χ4v) is 6.77. The van der Waals surface area contributed by atoms with Gasteiger partial charge in [-0.2, -0.15) is 0 Å². The van der Waals surface area contributed by atoms with Gasteiger partial charge in [0, 0.05) is 19.3 Å². The molecule has 0 bridgehead atoms. The second-order valence-corrected chi connectivity index (χ2v) is 16.9. The molecule has 0 aromatic rings. The second kappa shape index (κ2) is 52.4. The van der Waals surface area contributed by atoms with Gasteiger partial charge in [-0.15, -0.1) is 0 Å². The number of carbonyl (C=O) groups is 3. The molecule has 6 heteroatoms. The number of allylic oxidation sites excluding steroid dienone is 20. The molecule has 0 aromatic heterocycles. The molecule has 1 atom stereocenters. The topological polar surface area (TPSA) is 78.9 Å². The largest absolute Gasteiger partial charge is 0.462 e. The van der Waals surface area contributed by atoms with Gasteiger partial charge in [0.1, 0.15) is 13.2 Å². The van der Waals surface area contributed by atoms with Crippen molar-refractivity contribution in [3.8, 4) is 0 Å². The molecule has 0 fully saturated rings. The zero-order valence-electron chi connectivity index (χ0n) is 41.7. The summed E-state index contributed by atoms with van der Waals surface area (Å²) in [4.78, 5) is 38.0. The molecular weight excluding hydrogens is 805 g/mol. The van der Waals surface area contributed by atoms with E-state index in [1.54, 1.807) is 0 Å². The van der Waals surface area contributed by atoms with E-state index in [1.807, 2.05) is 79.0 Å². The summed E-state index contributed by atoms with van der Waals surface area (Å²) in [5, 5.41) is 0. The van der Waals surface area contributed by atoms with E-state index in [4.69, 9.17) is 14.2 Å². The Bertz CT molecular complexity index is 1400. The molecule has 65 heavy (non-hydrogen) atoms. The summed E-state index contributed by atoms with van der Waals surface area (Å²) in [6.07, 6.45) is 71.9. The van der Waals surface area contributed by atoms with E-state index in [9.17, 15) is 14.4 Å². The average Bonchev–Trinajstić information content (AvgIpc) is 3.30. The van der Waals surface area contributed by atoms with Crippen LogP contribution in [0.3, 0.4) is 0 Å². The lowest BCUT2D eigenvalue weighted by molar-refractivity contribution is -0.167. The summed E-state index contributed by atoms with van der Waals surface area (Å²) in [5.41, 5.74) is 0. The second-order valence-electron chi connectivity index (χ2n) is 16.9. The predicted octanol–water partition coefficient (Wildman–Crippen LogP) is 17.3. The first-order valence-corrected chi connectivity index (χ1v) is 26.2. The van der Waals surface area contributed by atoms with Gasteiger partial charge in [-0.1, -0.05) is 239 Å². The van der Waals surface area contributed by atoms with Crippen LogP contribution in [0.4, 0.5) is 0 Å². The summed E-state index contributed by atoms with van der Waals surface area (Å²) in [6, 6.07) is 0. The van der Waals surface area contributed by atoms with Gasteiger partial charge in [-0.3, -0.25) is 14.4 Å². The summed E-state index contributed by atoms with van der Waals surface area (Å²) < 4.78 is 16.7. The molecule has 0 radical (unpaired) electrons. The highest BCUT2D eigenvalue weighted by Gasteiger charge is 2.19. The van der Waals surface area contributed by atoms with Gasteiger partial charge < -0.3 is 14.2 Å². The van der Waals surface area contributed by atoms with E-state index in [-0.39, 0.29) is 44.0 Å². The van der Waals surface area contributed by atoms with Crippen LogP contribution in [0.5, 0.6) is 0 Å². The standard InChI is InChI=1S/C59H94O6/c1-4-7-10-13-16-19-22-25-27-28-29-30-32-34-37-40-43-46-49-52-58(61)64-55-56(54-63-57(60)51-48-45-42-39-36-33-24-21-18-15-12-9-6-3)65-59(62)53-50-47-44-41-38-35-31-26-23-20-17-14-11-8-5-2/h8-9,11-12,14-15,17-18,20-21,23-24,26,28-29,31,33,36,39,42,56H,4-7,10,13,16,19,22,25,27,30,32,34-35,37-38,40-41,43-55H2,1-3H3/b11-8-,12-9-,17-14-,18-15-,23-20-,24-21-,29-28-,31-26-,36-33-,42-39-. The molecule has 0 aromatic carbocycles. The van der Waals surface area contributed by atoms with Crippen LogP contribution in [0.1, 0.15) is 213 Å².